The summed E-state index contributed by atoms with van der Waals surface area (Å²) in [6.45, 7) is -0.630. The molecule has 0 amide bonds. The Balaban J connectivity index is 6.53. The smallest absolute Gasteiger partial charge is 0.462 e. The molecule has 4 nitrogen and oxygen atoms in total. The first-order chi connectivity index (χ1) is 15.0. The van der Waals surface area contributed by atoms with Crippen molar-refractivity contribution in [3.63, 3.8) is 0 Å². The fourth-order valence-electron chi connectivity index (χ4n) is 1.72. The van der Waals surface area contributed by atoms with Gasteiger partial charge in [-0.05, 0) is 0 Å². The number of hydrogen-bond acceptors (Lipinski definition) is 4. The van der Waals surface area contributed by atoms with Gasteiger partial charge in [0.05, 0.1) is 3.92 Å². The van der Waals surface area contributed by atoms with Crippen molar-refractivity contribution in [3.8, 4) is 0 Å². The van der Waals surface area contributed by atoms with Crippen LogP contribution in [0.1, 0.15) is 13.3 Å². The average Bonchev–Trinajstić information content (AvgIpc) is 2.55. The van der Waals surface area contributed by atoms with Gasteiger partial charge >= 0.3 is 54.3 Å². The van der Waals surface area contributed by atoms with Crippen LogP contribution in [-0.4, -0.2) is 64.9 Å². The van der Waals surface area contributed by atoms with Crippen molar-refractivity contribution in [3.05, 3.63) is 0 Å². The molecule has 0 aromatic heterocycles. The minimum absolute atomic E-state index is 0.634. The first-order valence-electron chi connectivity index (χ1n) is 7.86. The lowest BCUT2D eigenvalue weighted by atomic mass is 10.1. The van der Waals surface area contributed by atoms with Crippen LogP contribution in [0, 0.1) is 0 Å². The molecule has 0 rings (SSSR count). The van der Waals surface area contributed by atoms with Crippen LogP contribution in [0.4, 0.5) is 74.6 Å². The summed E-state index contributed by atoms with van der Waals surface area (Å²) in [5.74, 6) is -23.1. The van der Waals surface area contributed by atoms with Gasteiger partial charge in [-0.25, -0.2) is 4.39 Å². The van der Waals surface area contributed by atoms with Gasteiger partial charge in [-0.2, -0.15) is 70.2 Å². The number of rotatable bonds is 10. The molecule has 0 aliphatic rings. The van der Waals surface area contributed by atoms with Crippen LogP contribution in [0.3, 0.4) is 0 Å². The highest BCUT2D eigenvalue weighted by atomic mass is 127. The average molecular weight is 678 g/mol. The molecule has 0 saturated heterocycles. The fourth-order valence-corrected chi connectivity index (χ4v) is 2.47. The monoisotopic (exact) mass is 678 g/mol. The van der Waals surface area contributed by atoms with Crippen LogP contribution in [0.2, 0.25) is 0 Å². The number of ether oxygens (including phenoxy) is 3. The van der Waals surface area contributed by atoms with Crippen molar-refractivity contribution in [1.29, 1.82) is 0 Å². The minimum atomic E-state index is -7.92. The zero-order valence-electron chi connectivity index (χ0n) is 15.9. The molecular weight excluding hydrogens is 670 g/mol. The van der Waals surface area contributed by atoms with Crippen molar-refractivity contribution in [1.82, 2.24) is 0 Å². The number of carbonyl (C=O) groups is 1. The molecule has 210 valence electrons. The van der Waals surface area contributed by atoms with E-state index >= 15 is 0 Å². The van der Waals surface area contributed by atoms with Gasteiger partial charge in [0.25, 0.3) is 0 Å². The Kier molecular flexibility index (Phi) is 9.70. The molecule has 0 bridgehead atoms. The van der Waals surface area contributed by atoms with Crippen molar-refractivity contribution in [2.75, 3.05) is 6.61 Å². The largest absolute Gasteiger partial charge is 0.465 e. The summed E-state index contributed by atoms with van der Waals surface area (Å²) in [5.41, 5.74) is 0. The molecule has 0 aromatic rings. The third-order valence-electron chi connectivity index (χ3n) is 3.39. The SMILES string of the molecule is CC(=O)OCC(I)CC(F)(OC(F)(F)C(F)(OC(F)(F)C(F)(F)C(F)(F)F)C(F)(F)F)C(F)(F)F. The van der Waals surface area contributed by atoms with Crippen molar-refractivity contribution < 1.29 is 93.6 Å². The van der Waals surface area contributed by atoms with Gasteiger partial charge in [-0.3, -0.25) is 14.3 Å². The predicted octanol–water partition coefficient (Wildman–Crippen LogP) is 6.62. The Morgan fingerprint density at radius 1 is 0.686 bits per heavy atom. The Morgan fingerprint density at radius 3 is 1.43 bits per heavy atom. The highest BCUT2D eigenvalue weighted by molar-refractivity contribution is 14.1. The Bertz CT molecular complexity index is 748. The normalized spacial score (nSPS) is 19.1. The summed E-state index contributed by atoms with van der Waals surface area (Å²) in [6, 6.07) is 0. The first kappa shape index (κ1) is 33.9. The highest BCUT2D eigenvalue weighted by Gasteiger charge is 2.85. The molecule has 3 atom stereocenters. The van der Waals surface area contributed by atoms with E-state index in [0.29, 0.717) is 6.92 Å². The lowest BCUT2D eigenvalue weighted by Gasteiger charge is -2.40. The quantitative estimate of drug-likeness (QED) is 0.113. The molecule has 0 N–H and O–H groups in total. The number of esters is 1. The zero-order valence-corrected chi connectivity index (χ0v) is 18.1. The van der Waals surface area contributed by atoms with E-state index in [1.807, 2.05) is 0 Å². The van der Waals surface area contributed by atoms with E-state index < -0.39 is 71.3 Å². The van der Waals surface area contributed by atoms with Gasteiger partial charge in [0.2, 0.25) is 0 Å². The zero-order chi connectivity index (χ0) is 28.7. The number of hydrogen-bond donors (Lipinski definition) is 0. The molecule has 35 heavy (non-hydrogen) atoms. The lowest BCUT2D eigenvalue weighted by molar-refractivity contribution is -0.552. The molecule has 0 radical (unpaired) electrons. The molecule has 3 unspecified atom stereocenters. The van der Waals surface area contributed by atoms with Crippen molar-refractivity contribution >= 4 is 28.6 Å². The number of alkyl halides is 18. The van der Waals surface area contributed by atoms with Gasteiger partial charge in [-0.15, -0.1) is 0 Å². The maximum Gasteiger partial charge on any atom is 0.462 e. The molecule has 22 heteroatoms. The van der Waals surface area contributed by atoms with E-state index in [4.69, 9.17) is 0 Å². The van der Waals surface area contributed by atoms with E-state index in [1.165, 1.54) is 4.74 Å². The Labute approximate surface area is 195 Å². The molecule has 0 saturated carbocycles. The van der Waals surface area contributed by atoms with Crippen LogP contribution in [0.15, 0.2) is 0 Å². The van der Waals surface area contributed by atoms with Gasteiger partial charge < -0.3 is 4.74 Å². The van der Waals surface area contributed by atoms with Crippen molar-refractivity contribution in [2.45, 2.75) is 65.6 Å². The summed E-state index contributed by atoms with van der Waals surface area (Å²) in [5, 5.41) is 0. The number of halogens is 18. The van der Waals surface area contributed by atoms with Crippen LogP contribution in [0.5, 0.6) is 0 Å². The summed E-state index contributed by atoms with van der Waals surface area (Å²) < 4.78 is 226. The number of carbonyl (C=O) groups excluding carboxylic acids is 1. The molecule has 0 heterocycles. The molecule has 0 aliphatic heterocycles. The maximum atomic E-state index is 14.3. The van der Waals surface area contributed by atoms with Crippen LogP contribution in [-0.2, 0) is 19.0 Å². The second-order valence-electron chi connectivity index (χ2n) is 6.23. The second-order valence-corrected chi connectivity index (χ2v) is 7.99. The standard InChI is InChI=1S/C13H8F17IO4/c1-4(32)33-3-5(31)2-6(14,9(18,19)20)34-13(29,30)8(17,11(24,25)26)35-12(27,28)7(15,16)10(21,22)23/h5H,2-3H2,1H3. The highest BCUT2D eigenvalue weighted by Crippen LogP contribution is 2.57. The van der Waals surface area contributed by atoms with E-state index in [1.54, 1.807) is 0 Å². The molecule has 0 aliphatic carbocycles. The third kappa shape index (κ3) is 7.25. The molecular formula is C13H8F17IO4. The lowest BCUT2D eigenvalue weighted by Crippen LogP contribution is -2.67. The van der Waals surface area contributed by atoms with Crippen LogP contribution in [0.25, 0.3) is 0 Å². The Morgan fingerprint density at radius 2 is 1.11 bits per heavy atom. The summed E-state index contributed by atoms with van der Waals surface area (Å²) >= 11 is 0.737. The van der Waals surface area contributed by atoms with Gasteiger partial charge in [0, 0.05) is 13.3 Å². The topological polar surface area (TPSA) is 44.8 Å². The van der Waals surface area contributed by atoms with Crippen molar-refractivity contribution in [2.24, 2.45) is 0 Å². The Hall–Kier alpha value is -1.07. The molecule has 0 aromatic carbocycles. The van der Waals surface area contributed by atoms with Gasteiger partial charge in [0.1, 0.15) is 6.61 Å². The second kappa shape index (κ2) is 10.0. The van der Waals surface area contributed by atoms with E-state index in [-0.39, 0.29) is 0 Å². The van der Waals surface area contributed by atoms with E-state index in [0.717, 1.165) is 22.6 Å². The van der Waals surface area contributed by atoms with E-state index in [9.17, 15) is 79.4 Å². The van der Waals surface area contributed by atoms with Crippen LogP contribution >= 0.6 is 22.6 Å². The first-order valence-corrected chi connectivity index (χ1v) is 9.11. The predicted molar refractivity (Wildman–Crippen MR) is 81.9 cm³/mol. The van der Waals surface area contributed by atoms with Gasteiger partial charge in [-0.1, -0.05) is 22.6 Å². The summed E-state index contributed by atoms with van der Waals surface area (Å²) in [7, 11) is 0. The van der Waals surface area contributed by atoms with Crippen LogP contribution < -0.4 is 0 Å². The summed E-state index contributed by atoms with van der Waals surface area (Å²) in [6.07, 6.45) is -40.4. The molecule has 0 fully saturated rings. The molecule has 0 spiro atoms. The van der Waals surface area contributed by atoms with E-state index in [2.05, 4.69) is 9.47 Å². The maximum absolute atomic E-state index is 14.3. The minimum Gasteiger partial charge on any atom is -0.465 e. The van der Waals surface area contributed by atoms with Gasteiger partial charge in [0.15, 0.2) is 0 Å². The third-order valence-corrected chi connectivity index (χ3v) is 4.19. The fraction of sp³-hybridized carbons (Fsp3) is 0.923. The summed E-state index contributed by atoms with van der Waals surface area (Å²) in [4.78, 5) is 10.6.